The van der Waals surface area contributed by atoms with Gasteiger partial charge in [-0.25, -0.2) is 0 Å². The van der Waals surface area contributed by atoms with Gasteiger partial charge in [-0.3, -0.25) is 4.39 Å². The van der Waals surface area contributed by atoms with Crippen LogP contribution in [0.3, 0.4) is 0 Å². The van der Waals surface area contributed by atoms with Crippen LogP contribution in [-0.2, 0) is 0 Å². The zero-order chi connectivity index (χ0) is 13.1. The third kappa shape index (κ3) is 3.27. The van der Waals surface area contributed by atoms with Gasteiger partial charge in [-0.2, -0.15) is 0 Å². The summed E-state index contributed by atoms with van der Waals surface area (Å²) in [5.74, 6) is 4.44. The van der Waals surface area contributed by atoms with Gasteiger partial charge in [-0.05, 0) is 67.6 Å². The Morgan fingerprint density at radius 3 is 2.06 bits per heavy atom. The highest BCUT2D eigenvalue weighted by Crippen LogP contribution is 2.43. The van der Waals surface area contributed by atoms with Gasteiger partial charge >= 0.3 is 0 Å². The summed E-state index contributed by atoms with van der Waals surface area (Å²) in [7, 11) is 0. The van der Waals surface area contributed by atoms with Crippen LogP contribution in [0.5, 0.6) is 0 Å². The zero-order valence-electron chi connectivity index (χ0n) is 12.5. The van der Waals surface area contributed by atoms with Crippen LogP contribution >= 0.6 is 0 Å². The predicted molar refractivity (Wildman–Crippen MR) is 76.3 cm³/mol. The van der Waals surface area contributed by atoms with Crippen LogP contribution in [0.4, 0.5) is 4.39 Å². The fourth-order valence-electron chi connectivity index (χ4n) is 4.37. The highest BCUT2D eigenvalue weighted by Gasteiger charge is 2.34. The fourth-order valence-corrected chi connectivity index (χ4v) is 4.37. The Morgan fingerprint density at radius 1 is 0.833 bits per heavy atom. The molecule has 2 fully saturated rings. The molecule has 0 radical (unpaired) electrons. The summed E-state index contributed by atoms with van der Waals surface area (Å²) >= 11 is 0. The predicted octanol–water partition coefficient (Wildman–Crippen LogP) is 5.47. The van der Waals surface area contributed by atoms with E-state index in [9.17, 15) is 4.39 Å². The smallest absolute Gasteiger partial charge is 0.0925 e. The largest absolute Gasteiger partial charge is 0.251 e. The fraction of sp³-hybridized carbons (Fsp3) is 1.00. The Morgan fingerprint density at radius 2 is 1.44 bits per heavy atom. The van der Waals surface area contributed by atoms with Crippen molar-refractivity contribution in [3.63, 3.8) is 0 Å². The maximum absolute atomic E-state index is 13.1. The molecule has 0 aromatic heterocycles. The highest BCUT2D eigenvalue weighted by molar-refractivity contribution is 4.84. The van der Waals surface area contributed by atoms with Gasteiger partial charge in [-0.1, -0.05) is 33.6 Å². The third-order valence-corrected chi connectivity index (χ3v) is 6.15. The van der Waals surface area contributed by atoms with Crippen molar-refractivity contribution in [2.24, 2.45) is 35.5 Å². The Hall–Kier alpha value is -0.0700. The van der Waals surface area contributed by atoms with E-state index in [1.54, 1.807) is 0 Å². The van der Waals surface area contributed by atoms with Crippen molar-refractivity contribution in [2.75, 3.05) is 6.67 Å². The molecule has 0 aliphatic heterocycles. The lowest BCUT2D eigenvalue weighted by atomic mass is 9.72. The van der Waals surface area contributed by atoms with Crippen molar-refractivity contribution in [3.05, 3.63) is 0 Å². The Labute approximate surface area is 113 Å². The Kier molecular flexibility index (Phi) is 5.09. The number of rotatable bonds is 2. The molecule has 0 spiro atoms. The second kappa shape index (κ2) is 6.39. The molecule has 0 aromatic rings. The molecule has 0 amide bonds. The van der Waals surface area contributed by atoms with Crippen LogP contribution in [0.25, 0.3) is 0 Å². The number of hydrogen-bond acceptors (Lipinski definition) is 0. The molecule has 2 saturated carbocycles. The van der Waals surface area contributed by atoms with Gasteiger partial charge in [0.2, 0.25) is 0 Å². The first-order valence-corrected chi connectivity index (χ1v) is 8.17. The minimum absolute atomic E-state index is 0.0973. The SMILES string of the molecule is CC1CCC(C2CCC(CF)C(C)C(C)C2)CC1. The molecule has 0 bridgehead atoms. The molecule has 2 aliphatic carbocycles. The second-order valence-corrected chi connectivity index (χ2v) is 7.34. The van der Waals surface area contributed by atoms with Crippen LogP contribution in [0.15, 0.2) is 0 Å². The van der Waals surface area contributed by atoms with E-state index in [-0.39, 0.29) is 6.67 Å². The summed E-state index contributed by atoms with van der Waals surface area (Å²) < 4.78 is 13.1. The van der Waals surface area contributed by atoms with E-state index < -0.39 is 0 Å². The molecule has 0 saturated heterocycles. The summed E-state index contributed by atoms with van der Waals surface area (Å²) in [6.07, 6.45) is 9.52. The third-order valence-electron chi connectivity index (χ3n) is 6.15. The Bertz CT molecular complexity index is 242. The van der Waals surface area contributed by atoms with E-state index in [1.165, 1.54) is 38.5 Å². The van der Waals surface area contributed by atoms with Gasteiger partial charge in [0, 0.05) is 0 Å². The lowest BCUT2D eigenvalue weighted by molar-refractivity contribution is 0.177. The van der Waals surface area contributed by atoms with Crippen molar-refractivity contribution in [2.45, 2.75) is 65.7 Å². The summed E-state index contributed by atoms with van der Waals surface area (Å²) in [6, 6.07) is 0. The van der Waals surface area contributed by atoms with Gasteiger partial charge in [0.05, 0.1) is 6.67 Å². The molecule has 2 aliphatic rings. The maximum atomic E-state index is 13.1. The molecule has 4 atom stereocenters. The molecule has 0 heterocycles. The average Bonchev–Trinajstić information content (AvgIpc) is 2.51. The van der Waals surface area contributed by atoms with E-state index in [1.807, 2.05) is 0 Å². The van der Waals surface area contributed by atoms with Crippen LogP contribution in [0.1, 0.15) is 65.7 Å². The van der Waals surface area contributed by atoms with Gasteiger partial charge in [0.25, 0.3) is 0 Å². The van der Waals surface area contributed by atoms with Crippen molar-refractivity contribution in [1.82, 2.24) is 0 Å². The minimum atomic E-state index is -0.0973. The van der Waals surface area contributed by atoms with E-state index in [0.717, 1.165) is 30.1 Å². The summed E-state index contributed by atoms with van der Waals surface area (Å²) in [6.45, 7) is 6.93. The van der Waals surface area contributed by atoms with Gasteiger partial charge in [0.15, 0.2) is 0 Å². The molecule has 0 nitrogen and oxygen atoms in total. The average molecular weight is 254 g/mol. The van der Waals surface area contributed by atoms with Gasteiger partial charge < -0.3 is 0 Å². The summed E-state index contributed by atoms with van der Waals surface area (Å²) in [5, 5.41) is 0. The molecule has 106 valence electrons. The molecular weight excluding hydrogens is 223 g/mol. The normalized spacial score (nSPS) is 46.7. The molecule has 2 rings (SSSR count). The minimum Gasteiger partial charge on any atom is -0.251 e. The van der Waals surface area contributed by atoms with E-state index in [4.69, 9.17) is 0 Å². The molecule has 0 N–H and O–H groups in total. The van der Waals surface area contributed by atoms with Gasteiger partial charge in [0.1, 0.15) is 0 Å². The first-order valence-electron chi connectivity index (χ1n) is 8.17. The first kappa shape index (κ1) is 14.3. The number of halogens is 1. The second-order valence-electron chi connectivity index (χ2n) is 7.34. The van der Waals surface area contributed by atoms with Crippen LogP contribution < -0.4 is 0 Å². The van der Waals surface area contributed by atoms with Gasteiger partial charge in [-0.15, -0.1) is 0 Å². The highest BCUT2D eigenvalue weighted by atomic mass is 19.1. The first-order chi connectivity index (χ1) is 8.61. The van der Waals surface area contributed by atoms with Crippen LogP contribution in [-0.4, -0.2) is 6.67 Å². The van der Waals surface area contributed by atoms with E-state index in [2.05, 4.69) is 20.8 Å². The number of alkyl halides is 1. The molecular formula is C17H31F. The molecule has 4 unspecified atom stereocenters. The van der Waals surface area contributed by atoms with Crippen LogP contribution in [0.2, 0.25) is 0 Å². The summed E-state index contributed by atoms with van der Waals surface area (Å²) in [4.78, 5) is 0. The monoisotopic (exact) mass is 254 g/mol. The van der Waals surface area contributed by atoms with E-state index in [0.29, 0.717) is 11.8 Å². The topological polar surface area (TPSA) is 0 Å². The zero-order valence-corrected chi connectivity index (χ0v) is 12.5. The van der Waals surface area contributed by atoms with Crippen molar-refractivity contribution >= 4 is 0 Å². The standard InChI is InChI=1S/C17H31F/c1-12-4-6-15(7-5-12)16-8-9-17(11-18)14(3)13(2)10-16/h12-17H,4-11H2,1-3H3. The van der Waals surface area contributed by atoms with Crippen LogP contribution in [0, 0.1) is 35.5 Å². The van der Waals surface area contributed by atoms with Crippen molar-refractivity contribution in [1.29, 1.82) is 0 Å². The molecule has 1 heteroatoms. The Balaban J connectivity index is 1.94. The maximum Gasteiger partial charge on any atom is 0.0925 e. The van der Waals surface area contributed by atoms with Crippen molar-refractivity contribution in [3.8, 4) is 0 Å². The molecule has 18 heavy (non-hydrogen) atoms. The molecule has 0 aromatic carbocycles. The number of hydrogen-bond donors (Lipinski definition) is 0. The quantitative estimate of drug-likeness (QED) is 0.573. The van der Waals surface area contributed by atoms with Crippen molar-refractivity contribution < 1.29 is 4.39 Å². The lowest BCUT2D eigenvalue weighted by Gasteiger charge is -2.33. The summed E-state index contributed by atoms with van der Waals surface area (Å²) in [5.41, 5.74) is 0. The lowest BCUT2D eigenvalue weighted by Crippen LogP contribution is -2.22. The van der Waals surface area contributed by atoms with E-state index >= 15 is 0 Å².